The molecule has 0 bridgehead atoms. The van der Waals surface area contributed by atoms with Crippen molar-refractivity contribution in [1.82, 2.24) is 4.90 Å². The molecular weight excluding hydrogens is 425 g/mol. The van der Waals surface area contributed by atoms with E-state index in [1.807, 2.05) is 18.2 Å². The number of amides is 2. The molecule has 1 aliphatic rings. The van der Waals surface area contributed by atoms with E-state index in [0.717, 1.165) is 35.2 Å². The average Bonchev–Trinajstić information content (AvgIpc) is 3.12. The molecule has 1 aliphatic carbocycles. The third kappa shape index (κ3) is 5.88. The average molecular weight is 450 g/mol. The van der Waals surface area contributed by atoms with Gasteiger partial charge in [0.05, 0.1) is 11.6 Å². The lowest BCUT2D eigenvalue weighted by Gasteiger charge is -2.25. The minimum Gasteiger partial charge on any atom is -0.445 e. The second kappa shape index (κ2) is 9.86. The fourth-order valence-corrected chi connectivity index (χ4v) is 3.77. The summed E-state index contributed by atoms with van der Waals surface area (Å²) in [4.78, 5) is 25.0. The quantitative estimate of drug-likeness (QED) is 0.698. The second-order valence-electron chi connectivity index (χ2n) is 7.62. The predicted octanol–water partition coefficient (Wildman–Crippen LogP) is 3.94. The van der Waals surface area contributed by atoms with E-state index in [-0.39, 0.29) is 23.7 Å². The Morgan fingerprint density at radius 3 is 2.59 bits per heavy atom. The number of aryl methyl sites for hydroxylation is 2. The number of carbonyl (C=O) groups is 2. The van der Waals surface area contributed by atoms with Gasteiger partial charge in [0.25, 0.3) is 0 Å². The molecule has 32 heavy (non-hydrogen) atoms. The summed E-state index contributed by atoms with van der Waals surface area (Å²) < 4.78 is 44.3. The van der Waals surface area contributed by atoms with Gasteiger partial charge in [0.1, 0.15) is 6.61 Å². The van der Waals surface area contributed by atoms with Crippen LogP contribution in [0, 0.1) is 6.92 Å². The van der Waals surface area contributed by atoms with Crippen molar-refractivity contribution in [3.63, 3.8) is 0 Å². The summed E-state index contributed by atoms with van der Waals surface area (Å²) in [6.45, 7) is 1.31. The molecule has 6 nitrogen and oxygen atoms in total. The third-order valence-electron chi connectivity index (χ3n) is 5.24. The number of nitrogens with two attached hydrogens (primary N) is 1. The van der Waals surface area contributed by atoms with Crippen molar-refractivity contribution in [2.45, 2.75) is 38.6 Å². The summed E-state index contributed by atoms with van der Waals surface area (Å²) in [7, 11) is 1.60. The first-order valence-corrected chi connectivity index (χ1v) is 9.72. The zero-order valence-electron chi connectivity index (χ0n) is 17.7. The molecule has 172 valence electrons. The van der Waals surface area contributed by atoms with E-state index in [9.17, 15) is 22.8 Å². The van der Waals surface area contributed by atoms with Gasteiger partial charge in [-0.1, -0.05) is 23.8 Å². The standard InChI is InChI=1S/C23H23F3N2O3.H2O/c1-14-9-16(11-18(10-14)23(24,25)26)13-31-22(30)28(2)20-7-6-17-5-3-15(12-19(17)20)4-8-21(27)29;/h3-5,8-12,20H,6-7,13H2,1-2H3,(H2,27,29);1H2/b8-4+;. The van der Waals surface area contributed by atoms with E-state index in [1.165, 1.54) is 11.0 Å². The lowest BCUT2D eigenvalue weighted by Crippen LogP contribution is -2.30. The SMILES string of the molecule is Cc1cc(COC(=O)N(C)C2CCc3ccc(/C=C/C(N)=O)cc32)cc(C(F)(F)F)c1.O. The number of rotatable bonds is 5. The maximum Gasteiger partial charge on any atom is 0.416 e. The highest BCUT2D eigenvalue weighted by molar-refractivity contribution is 5.90. The minimum absolute atomic E-state index is 0. The molecule has 2 amide bonds. The van der Waals surface area contributed by atoms with Crippen LogP contribution in [0.2, 0.25) is 0 Å². The van der Waals surface area contributed by atoms with E-state index in [2.05, 4.69) is 0 Å². The van der Waals surface area contributed by atoms with E-state index in [0.29, 0.717) is 12.0 Å². The van der Waals surface area contributed by atoms with Crippen molar-refractivity contribution >= 4 is 18.1 Å². The second-order valence-corrected chi connectivity index (χ2v) is 7.62. The molecule has 9 heteroatoms. The highest BCUT2D eigenvalue weighted by Crippen LogP contribution is 2.36. The Labute approximate surface area is 183 Å². The van der Waals surface area contributed by atoms with Gasteiger partial charge in [-0.2, -0.15) is 13.2 Å². The van der Waals surface area contributed by atoms with Crippen LogP contribution in [0.5, 0.6) is 0 Å². The molecule has 4 N–H and O–H groups in total. The van der Waals surface area contributed by atoms with Gasteiger partial charge < -0.3 is 20.8 Å². The van der Waals surface area contributed by atoms with Gasteiger partial charge in [0.15, 0.2) is 0 Å². The number of hydrogen-bond donors (Lipinski definition) is 1. The summed E-state index contributed by atoms with van der Waals surface area (Å²) in [5.41, 5.74) is 7.90. The van der Waals surface area contributed by atoms with Crippen molar-refractivity contribution in [3.05, 3.63) is 75.9 Å². The molecule has 2 aromatic carbocycles. The van der Waals surface area contributed by atoms with Crippen LogP contribution in [0.1, 0.15) is 45.8 Å². The molecule has 0 saturated carbocycles. The van der Waals surface area contributed by atoms with Crippen LogP contribution in [0.15, 0.2) is 42.5 Å². The summed E-state index contributed by atoms with van der Waals surface area (Å²) in [5.74, 6) is -0.553. The smallest absolute Gasteiger partial charge is 0.416 e. The summed E-state index contributed by atoms with van der Waals surface area (Å²) in [6, 6.07) is 9.08. The van der Waals surface area contributed by atoms with Crippen LogP contribution in [-0.2, 0) is 28.7 Å². The highest BCUT2D eigenvalue weighted by Gasteiger charge is 2.32. The number of hydrogen-bond acceptors (Lipinski definition) is 3. The summed E-state index contributed by atoms with van der Waals surface area (Å²) in [5, 5.41) is 0. The van der Waals surface area contributed by atoms with Crippen molar-refractivity contribution in [1.29, 1.82) is 0 Å². The molecule has 0 saturated heterocycles. The molecular formula is C23H25F3N2O4. The number of benzene rings is 2. The number of alkyl halides is 3. The topological polar surface area (TPSA) is 104 Å². The number of carbonyl (C=O) groups excluding carboxylic acids is 2. The Balaban J connectivity index is 0.00000363. The van der Waals surface area contributed by atoms with Gasteiger partial charge in [-0.25, -0.2) is 4.79 Å². The lowest BCUT2D eigenvalue weighted by molar-refractivity contribution is -0.137. The molecule has 0 aliphatic heterocycles. The first-order chi connectivity index (χ1) is 14.5. The summed E-state index contributed by atoms with van der Waals surface area (Å²) in [6.07, 6.45) is -0.731. The van der Waals surface area contributed by atoms with Crippen LogP contribution in [0.4, 0.5) is 18.0 Å². The van der Waals surface area contributed by atoms with Gasteiger partial charge in [-0.3, -0.25) is 4.79 Å². The van der Waals surface area contributed by atoms with E-state index >= 15 is 0 Å². The number of halogens is 3. The minimum atomic E-state index is -4.46. The van der Waals surface area contributed by atoms with Gasteiger partial charge >= 0.3 is 12.3 Å². The Morgan fingerprint density at radius 2 is 1.94 bits per heavy atom. The van der Waals surface area contributed by atoms with Crippen LogP contribution in [0.3, 0.4) is 0 Å². The zero-order valence-corrected chi connectivity index (χ0v) is 17.7. The molecule has 0 fully saturated rings. The highest BCUT2D eigenvalue weighted by atomic mass is 19.4. The molecule has 0 spiro atoms. The zero-order chi connectivity index (χ0) is 22.8. The molecule has 1 unspecified atom stereocenters. The van der Waals surface area contributed by atoms with E-state index < -0.39 is 23.7 Å². The fourth-order valence-electron chi connectivity index (χ4n) is 3.77. The molecule has 3 rings (SSSR count). The summed E-state index contributed by atoms with van der Waals surface area (Å²) >= 11 is 0. The van der Waals surface area contributed by atoms with Gasteiger partial charge in [0.2, 0.25) is 5.91 Å². The fraction of sp³-hybridized carbons (Fsp3) is 0.304. The Hall–Kier alpha value is -3.33. The van der Waals surface area contributed by atoms with Crippen LogP contribution < -0.4 is 5.73 Å². The van der Waals surface area contributed by atoms with Gasteiger partial charge in [-0.05, 0) is 66.3 Å². The lowest BCUT2D eigenvalue weighted by atomic mass is 10.0. The Bertz CT molecular complexity index is 1030. The number of primary amides is 1. The predicted molar refractivity (Wildman–Crippen MR) is 113 cm³/mol. The molecule has 0 radical (unpaired) electrons. The Kier molecular flexibility index (Phi) is 7.69. The van der Waals surface area contributed by atoms with Crippen LogP contribution in [0.25, 0.3) is 6.08 Å². The first kappa shape index (κ1) is 24.9. The van der Waals surface area contributed by atoms with Crippen molar-refractivity contribution in [2.24, 2.45) is 5.73 Å². The van der Waals surface area contributed by atoms with Gasteiger partial charge in [-0.15, -0.1) is 0 Å². The number of nitrogens with zero attached hydrogens (tertiary/aromatic N) is 1. The number of ether oxygens (including phenoxy) is 1. The third-order valence-corrected chi connectivity index (χ3v) is 5.24. The van der Waals surface area contributed by atoms with Crippen LogP contribution >= 0.6 is 0 Å². The van der Waals surface area contributed by atoms with Crippen LogP contribution in [-0.4, -0.2) is 29.4 Å². The molecule has 0 heterocycles. The largest absolute Gasteiger partial charge is 0.445 e. The van der Waals surface area contributed by atoms with E-state index in [1.54, 1.807) is 26.1 Å². The van der Waals surface area contributed by atoms with Crippen molar-refractivity contribution in [2.75, 3.05) is 7.05 Å². The molecule has 1 atom stereocenters. The molecule has 2 aromatic rings. The van der Waals surface area contributed by atoms with Gasteiger partial charge in [0, 0.05) is 13.1 Å². The number of fused-ring (bicyclic) bond motifs is 1. The normalized spacial score (nSPS) is 15.2. The van der Waals surface area contributed by atoms with E-state index in [4.69, 9.17) is 10.5 Å². The monoisotopic (exact) mass is 450 g/mol. The Morgan fingerprint density at radius 1 is 1.22 bits per heavy atom. The molecule has 0 aromatic heterocycles. The maximum atomic E-state index is 13.0. The van der Waals surface area contributed by atoms with Crippen molar-refractivity contribution in [3.8, 4) is 0 Å². The van der Waals surface area contributed by atoms with Crippen molar-refractivity contribution < 1.29 is 33.0 Å². The first-order valence-electron chi connectivity index (χ1n) is 9.72. The maximum absolute atomic E-state index is 13.0.